The first-order valence-electron chi connectivity index (χ1n) is 7.01. The second-order valence-electron chi connectivity index (χ2n) is 5.15. The van der Waals surface area contributed by atoms with Gasteiger partial charge in [-0.2, -0.15) is 4.98 Å². The van der Waals surface area contributed by atoms with Crippen molar-refractivity contribution in [3.05, 3.63) is 22.7 Å². The van der Waals surface area contributed by atoms with Crippen LogP contribution in [0.5, 0.6) is 0 Å². The van der Waals surface area contributed by atoms with Gasteiger partial charge >= 0.3 is 11.7 Å². The summed E-state index contributed by atoms with van der Waals surface area (Å²) in [5.41, 5.74) is -0.612. The highest BCUT2D eigenvalue weighted by Crippen LogP contribution is 2.31. The minimum Gasteiger partial charge on any atom is -0.463 e. The molecule has 1 aromatic rings. The molecule has 1 unspecified atom stereocenters. The van der Waals surface area contributed by atoms with E-state index in [9.17, 15) is 19.2 Å². The van der Waals surface area contributed by atoms with E-state index >= 15 is 0 Å². The molecule has 2 rings (SSSR count). The Kier molecular flexibility index (Phi) is 5.22. The van der Waals surface area contributed by atoms with Crippen molar-refractivity contribution in [3.63, 3.8) is 0 Å². The van der Waals surface area contributed by atoms with Crippen LogP contribution in [-0.4, -0.2) is 40.4 Å². The molecule has 23 heavy (non-hydrogen) atoms. The van der Waals surface area contributed by atoms with Gasteiger partial charge in [-0.05, 0) is 6.07 Å². The van der Waals surface area contributed by atoms with Crippen LogP contribution >= 0.6 is 0 Å². The van der Waals surface area contributed by atoms with Crippen LogP contribution in [0.25, 0.3) is 0 Å². The fourth-order valence-corrected chi connectivity index (χ4v) is 2.31. The van der Waals surface area contributed by atoms with E-state index in [1.807, 2.05) is 0 Å². The summed E-state index contributed by atoms with van der Waals surface area (Å²) in [5.74, 6) is -1.16. The van der Waals surface area contributed by atoms with Crippen molar-refractivity contribution in [2.75, 3.05) is 11.9 Å². The zero-order chi connectivity index (χ0) is 17.0. The Bertz CT molecular complexity index is 671. The van der Waals surface area contributed by atoms with Gasteiger partial charge in [0.1, 0.15) is 31.0 Å². The zero-order valence-electron chi connectivity index (χ0n) is 12.7. The fraction of sp³-hybridized carbons (Fsp3) is 0.500. The average Bonchev–Trinajstić information content (AvgIpc) is 2.87. The lowest BCUT2D eigenvalue weighted by atomic mass is 10.0. The van der Waals surface area contributed by atoms with E-state index in [1.165, 1.54) is 30.7 Å². The lowest BCUT2D eigenvalue weighted by Crippen LogP contribution is -2.28. The van der Waals surface area contributed by atoms with Crippen molar-refractivity contribution in [1.82, 2.24) is 9.55 Å². The third-order valence-corrected chi connectivity index (χ3v) is 3.35. The second kappa shape index (κ2) is 7.14. The molecule has 2 heterocycles. The molecule has 0 aliphatic carbocycles. The number of hydrogen-bond acceptors (Lipinski definition) is 7. The highest BCUT2D eigenvalue weighted by molar-refractivity contribution is 5.87. The Balaban J connectivity index is 2.13. The lowest BCUT2D eigenvalue weighted by molar-refractivity contribution is -0.147. The van der Waals surface area contributed by atoms with Crippen LogP contribution in [0.4, 0.5) is 5.82 Å². The molecule has 0 bridgehead atoms. The van der Waals surface area contributed by atoms with Gasteiger partial charge in [0.05, 0.1) is 0 Å². The first-order chi connectivity index (χ1) is 10.9. The number of nitrogens with one attached hydrogen (secondary N) is 1. The number of rotatable bonds is 5. The van der Waals surface area contributed by atoms with Gasteiger partial charge in [-0.1, -0.05) is 0 Å². The molecule has 0 spiro atoms. The van der Waals surface area contributed by atoms with Crippen LogP contribution in [0.15, 0.2) is 17.1 Å². The molecule has 0 aromatic carbocycles. The number of aromatic nitrogens is 2. The fourth-order valence-electron chi connectivity index (χ4n) is 2.31. The van der Waals surface area contributed by atoms with Crippen LogP contribution in [-0.2, 0) is 23.9 Å². The minimum atomic E-state index is -0.683. The molecule has 3 atom stereocenters. The van der Waals surface area contributed by atoms with Gasteiger partial charge in [0.2, 0.25) is 5.91 Å². The summed E-state index contributed by atoms with van der Waals surface area (Å²) in [6, 6.07) is 1.46. The quantitative estimate of drug-likeness (QED) is 0.592. The molecular weight excluding hydrogens is 306 g/mol. The number of nitrogens with zero attached hydrogens (tertiary/aromatic N) is 2. The van der Waals surface area contributed by atoms with Crippen molar-refractivity contribution < 1.29 is 23.9 Å². The largest absolute Gasteiger partial charge is 0.463 e. The molecule has 0 saturated carbocycles. The molecular formula is C14H17N3O6. The summed E-state index contributed by atoms with van der Waals surface area (Å²) in [7, 11) is 0. The number of anilines is 1. The van der Waals surface area contributed by atoms with Gasteiger partial charge < -0.3 is 19.6 Å². The third-order valence-electron chi connectivity index (χ3n) is 3.35. The Morgan fingerprint density at radius 1 is 1.52 bits per heavy atom. The van der Waals surface area contributed by atoms with E-state index in [0.29, 0.717) is 0 Å². The second-order valence-corrected chi connectivity index (χ2v) is 5.15. The monoisotopic (exact) mass is 323 g/mol. The van der Waals surface area contributed by atoms with Crippen molar-refractivity contribution in [1.29, 1.82) is 0 Å². The highest BCUT2D eigenvalue weighted by Gasteiger charge is 2.37. The SMILES string of the molecule is CC(=O)Nc1ccn([C@H]2CC(C=O)[C@@H](COC(C)=O)O2)c(=O)n1. The predicted molar refractivity (Wildman–Crippen MR) is 77.5 cm³/mol. The standard InChI is InChI=1S/C14H17N3O6/c1-8(19)15-12-3-4-17(14(21)16-12)13-5-10(6-18)11(23-13)7-22-9(2)20/h3-4,6,10-11,13H,5,7H2,1-2H3,(H,15,16,19,21)/t10?,11-,13-/m1/s1. The Morgan fingerprint density at radius 2 is 2.26 bits per heavy atom. The molecule has 1 N–H and O–H groups in total. The molecule has 9 heteroatoms. The average molecular weight is 323 g/mol. The van der Waals surface area contributed by atoms with Crippen LogP contribution < -0.4 is 11.0 Å². The zero-order valence-corrected chi connectivity index (χ0v) is 12.7. The summed E-state index contributed by atoms with van der Waals surface area (Å²) in [4.78, 5) is 48.7. The summed E-state index contributed by atoms with van der Waals surface area (Å²) in [6.07, 6.45) is 1.14. The highest BCUT2D eigenvalue weighted by atomic mass is 16.6. The number of amides is 1. The van der Waals surface area contributed by atoms with E-state index in [2.05, 4.69) is 10.3 Å². The number of esters is 1. The van der Waals surface area contributed by atoms with Crippen molar-refractivity contribution in [3.8, 4) is 0 Å². The van der Waals surface area contributed by atoms with Crippen molar-refractivity contribution in [2.45, 2.75) is 32.6 Å². The molecule has 9 nitrogen and oxygen atoms in total. The van der Waals surface area contributed by atoms with Crippen molar-refractivity contribution in [2.24, 2.45) is 5.92 Å². The summed E-state index contributed by atoms with van der Waals surface area (Å²) in [6.45, 7) is 2.51. The van der Waals surface area contributed by atoms with Crippen molar-refractivity contribution >= 4 is 24.0 Å². The third kappa shape index (κ3) is 4.22. The molecule has 1 aliphatic rings. The van der Waals surface area contributed by atoms with E-state index in [-0.39, 0.29) is 24.8 Å². The number of carbonyl (C=O) groups excluding carboxylic acids is 3. The number of aldehydes is 1. The first kappa shape index (κ1) is 16.8. The van der Waals surface area contributed by atoms with E-state index in [4.69, 9.17) is 9.47 Å². The first-order valence-corrected chi connectivity index (χ1v) is 7.01. The van der Waals surface area contributed by atoms with Gasteiger partial charge in [0.25, 0.3) is 0 Å². The Hall–Kier alpha value is -2.55. The number of carbonyl (C=O) groups is 3. The van der Waals surface area contributed by atoms with E-state index < -0.39 is 29.9 Å². The van der Waals surface area contributed by atoms with Gasteiger partial charge in [-0.3, -0.25) is 14.2 Å². The smallest absolute Gasteiger partial charge is 0.351 e. The topological polar surface area (TPSA) is 117 Å². The summed E-state index contributed by atoms with van der Waals surface area (Å²) >= 11 is 0. The molecule has 1 aliphatic heterocycles. The van der Waals surface area contributed by atoms with E-state index in [0.717, 1.165) is 6.29 Å². The maximum Gasteiger partial charge on any atom is 0.351 e. The van der Waals surface area contributed by atoms with Crippen LogP contribution in [0, 0.1) is 5.92 Å². The van der Waals surface area contributed by atoms with Gasteiger partial charge in [-0.15, -0.1) is 0 Å². The Labute approximate surface area is 131 Å². The molecule has 1 aromatic heterocycles. The number of hydrogen-bond donors (Lipinski definition) is 1. The van der Waals surface area contributed by atoms with E-state index in [1.54, 1.807) is 0 Å². The van der Waals surface area contributed by atoms with Crippen LogP contribution in [0.3, 0.4) is 0 Å². The molecule has 1 saturated heterocycles. The Morgan fingerprint density at radius 3 is 2.83 bits per heavy atom. The molecule has 1 amide bonds. The maximum absolute atomic E-state index is 12.0. The van der Waals surface area contributed by atoms with Gasteiger partial charge in [0.15, 0.2) is 0 Å². The lowest BCUT2D eigenvalue weighted by Gasteiger charge is -2.16. The predicted octanol–water partition coefficient (Wildman–Crippen LogP) is -0.133. The van der Waals surface area contributed by atoms with Crippen LogP contribution in [0.2, 0.25) is 0 Å². The van der Waals surface area contributed by atoms with Gasteiger partial charge in [-0.25, -0.2) is 4.79 Å². The maximum atomic E-state index is 12.0. The normalized spacial score (nSPS) is 23.3. The number of ether oxygens (including phenoxy) is 2. The minimum absolute atomic E-state index is 0.0542. The van der Waals surface area contributed by atoms with Crippen LogP contribution in [0.1, 0.15) is 26.5 Å². The summed E-state index contributed by atoms with van der Waals surface area (Å²) in [5, 5.41) is 2.41. The molecule has 124 valence electrons. The van der Waals surface area contributed by atoms with Gasteiger partial charge in [0, 0.05) is 32.4 Å². The summed E-state index contributed by atoms with van der Waals surface area (Å²) < 4.78 is 11.7. The molecule has 0 radical (unpaired) electrons. The molecule has 1 fully saturated rings.